The molecule has 5 heteroatoms. The smallest absolute Gasteiger partial charge is 0.256 e. The van der Waals surface area contributed by atoms with Gasteiger partial charge >= 0.3 is 0 Å². The Morgan fingerprint density at radius 3 is 2.73 bits per heavy atom. The van der Waals surface area contributed by atoms with Crippen LogP contribution in [0.1, 0.15) is 47.7 Å². The minimum atomic E-state index is -0.0775. The highest BCUT2D eigenvalue weighted by Gasteiger charge is 2.35. The standard InChI is InChI=1S/C17H18N2O3/c20-17(15-10-21-19-16(15)11-6-7-11)18-12-8-14(9-12)22-13-4-2-1-3-5-13/h1-5,10-12,14H,6-9H2,(H,18,20). The average Bonchev–Trinajstić information content (AvgIpc) is 3.23. The monoisotopic (exact) mass is 298 g/mol. The number of hydrogen-bond donors (Lipinski definition) is 1. The molecular formula is C17H18N2O3. The van der Waals surface area contributed by atoms with Gasteiger partial charge < -0.3 is 14.6 Å². The highest BCUT2D eigenvalue weighted by molar-refractivity contribution is 5.95. The summed E-state index contributed by atoms with van der Waals surface area (Å²) < 4.78 is 10.8. The van der Waals surface area contributed by atoms with Gasteiger partial charge in [0.2, 0.25) is 0 Å². The highest BCUT2D eigenvalue weighted by Crippen LogP contribution is 2.40. The van der Waals surface area contributed by atoms with Gasteiger partial charge in [0.25, 0.3) is 5.91 Å². The zero-order chi connectivity index (χ0) is 14.9. The lowest BCUT2D eigenvalue weighted by atomic mass is 9.89. The number of carbonyl (C=O) groups excluding carboxylic acids is 1. The molecule has 0 spiro atoms. The number of rotatable bonds is 5. The van der Waals surface area contributed by atoms with Crippen LogP contribution in [-0.4, -0.2) is 23.2 Å². The van der Waals surface area contributed by atoms with Crippen LogP contribution in [0.5, 0.6) is 5.75 Å². The summed E-state index contributed by atoms with van der Waals surface area (Å²) in [5.74, 6) is 1.22. The van der Waals surface area contributed by atoms with Crippen molar-refractivity contribution in [3.8, 4) is 5.75 Å². The van der Waals surface area contributed by atoms with E-state index in [0.717, 1.165) is 37.1 Å². The second kappa shape index (κ2) is 5.48. The molecule has 1 amide bonds. The van der Waals surface area contributed by atoms with Crippen molar-refractivity contribution in [3.05, 3.63) is 47.9 Å². The Morgan fingerprint density at radius 1 is 1.23 bits per heavy atom. The van der Waals surface area contributed by atoms with E-state index in [9.17, 15) is 4.79 Å². The van der Waals surface area contributed by atoms with E-state index < -0.39 is 0 Å². The lowest BCUT2D eigenvalue weighted by Crippen LogP contribution is -2.49. The first-order valence-corrected chi connectivity index (χ1v) is 7.76. The summed E-state index contributed by atoms with van der Waals surface area (Å²) in [5, 5.41) is 7.00. The summed E-state index contributed by atoms with van der Waals surface area (Å²) in [6.07, 6.45) is 5.51. The van der Waals surface area contributed by atoms with Crippen LogP contribution in [-0.2, 0) is 0 Å². The van der Waals surface area contributed by atoms with Gasteiger partial charge in [-0.15, -0.1) is 0 Å². The molecule has 2 saturated carbocycles. The molecule has 22 heavy (non-hydrogen) atoms. The number of hydrogen-bond acceptors (Lipinski definition) is 4. The fraction of sp³-hybridized carbons (Fsp3) is 0.412. The third kappa shape index (κ3) is 2.71. The molecule has 0 aliphatic heterocycles. The molecule has 2 fully saturated rings. The van der Waals surface area contributed by atoms with Crippen LogP contribution in [0.4, 0.5) is 0 Å². The summed E-state index contributed by atoms with van der Waals surface area (Å²) in [4.78, 5) is 12.3. The minimum Gasteiger partial charge on any atom is -0.490 e. The first kappa shape index (κ1) is 13.4. The van der Waals surface area contributed by atoms with Crippen molar-refractivity contribution in [1.29, 1.82) is 0 Å². The molecule has 1 heterocycles. The predicted octanol–water partition coefficient (Wildman–Crippen LogP) is 2.89. The first-order chi connectivity index (χ1) is 10.8. The van der Waals surface area contributed by atoms with Crippen LogP contribution in [0.3, 0.4) is 0 Å². The zero-order valence-corrected chi connectivity index (χ0v) is 12.2. The number of carbonyl (C=O) groups is 1. The Bertz CT molecular complexity index is 658. The highest BCUT2D eigenvalue weighted by atomic mass is 16.5. The number of amides is 1. The number of para-hydroxylation sites is 1. The summed E-state index contributed by atoms with van der Waals surface area (Å²) in [6.45, 7) is 0. The summed E-state index contributed by atoms with van der Waals surface area (Å²) in [5.41, 5.74) is 1.41. The van der Waals surface area contributed by atoms with E-state index in [4.69, 9.17) is 9.26 Å². The van der Waals surface area contributed by atoms with Crippen LogP contribution < -0.4 is 10.1 Å². The Hall–Kier alpha value is -2.30. The second-order valence-corrected chi connectivity index (χ2v) is 6.08. The van der Waals surface area contributed by atoms with Gasteiger partial charge in [-0.1, -0.05) is 23.4 Å². The van der Waals surface area contributed by atoms with Crippen LogP contribution in [0.25, 0.3) is 0 Å². The molecule has 0 saturated heterocycles. The van der Waals surface area contributed by atoms with Crippen molar-refractivity contribution >= 4 is 5.91 Å². The fourth-order valence-electron chi connectivity index (χ4n) is 2.80. The molecule has 4 rings (SSSR count). The number of nitrogens with zero attached hydrogens (tertiary/aromatic N) is 1. The Kier molecular flexibility index (Phi) is 3.33. The summed E-state index contributed by atoms with van der Waals surface area (Å²) in [7, 11) is 0. The van der Waals surface area contributed by atoms with Crippen LogP contribution >= 0.6 is 0 Å². The maximum atomic E-state index is 12.3. The van der Waals surface area contributed by atoms with Gasteiger partial charge in [-0.3, -0.25) is 4.79 Å². The summed E-state index contributed by atoms with van der Waals surface area (Å²) in [6, 6.07) is 9.95. The van der Waals surface area contributed by atoms with E-state index in [0.29, 0.717) is 11.5 Å². The molecule has 2 aliphatic carbocycles. The SMILES string of the molecule is O=C(NC1CC(Oc2ccccc2)C1)c1conc1C1CC1. The lowest BCUT2D eigenvalue weighted by molar-refractivity contribution is 0.0700. The molecule has 2 aliphatic rings. The molecule has 1 N–H and O–H groups in total. The van der Waals surface area contributed by atoms with Gasteiger partial charge in [0.15, 0.2) is 0 Å². The number of aromatic nitrogens is 1. The quantitative estimate of drug-likeness (QED) is 0.922. The average molecular weight is 298 g/mol. The zero-order valence-electron chi connectivity index (χ0n) is 12.2. The molecule has 0 unspecified atom stereocenters. The molecule has 114 valence electrons. The van der Waals surface area contributed by atoms with E-state index in [-0.39, 0.29) is 18.1 Å². The van der Waals surface area contributed by atoms with Gasteiger partial charge in [-0.05, 0) is 25.0 Å². The fourth-order valence-corrected chi connectivity index (χ4v) is 2.80. The lowest BCUT2D eigenvalue weighted by Gasteiger charge is -2.35. The third-order valence-electron chi connectivity index (χ3n) is 4.28. The van der Waals surface area contributed by atoms with Crippen molar-refractivity contribution in [2.75, 3.05) is 0 Å². The Morgan fingerprint density at radius 2 is 2.00 bits per heavy atom. The minimum absolute atomic E-state index is 0.0775. The van der Waals surface area contributed by atoms with Crippen molar-refractivity contribution in [1.82, 2.24) is 10.5 Å². The van der Waals surface area contributed by atoms with Crippen LogP contribution in [0.15, 0.2) is 41.1 Å². The molecular weight excluding hydrogens is 280 g/mol. The van der Waals surface area contributed by atoms with Gasteiger partial charge in [-0.25, -0.2) is 0 Å². The predicted molar refractivity (Wildman–Crippen MR) is 79.8 cm³/mol. The topological polar surface area (TPSA) is 64.4 Å². The van der Waals surface area contributed by atoms with Crippen molar-refractivity contribution in [2.45, 2.75) is 43.7 Å². The Balaban J connectivity index is 1.29. The number of nitrogens with one attached hydrogen (secondary N) is 1. The molecule has 5 nitrogen and oxygen atoms in total. The van der Waals surface area contributed by atoms with E-state index in [2.05, 4.69) is 10.5 Å². The first-order valence-electron chi connectivity index (χ1n) is 7.76. The van der Waals surface area contributed by atoms with Gasteiger partial charge in [0.05, 0.1) is 5.69 Å². The van der Waals surface area contributed by atoms with Gasteiger partial charge in [0.1, 0.15) is 23.7 Å². The van der Waals surface area contributed by atoms with E-state index in [1.165, 1.54) is 6.26 Å². The molecule has 0 atom stereocenters. The van der Waals surface area contributed by atoms with E-state index >= 15 is 0 Å². The van der Waals surface area contributed by atoms with Crippen molar-refractivity contribution in [2.24, 2.45) is 0 Å². The molecule has 2 aromatic rings. The number of ether oxygens (including phenoxy) is 1. The maximum absolute atomic E-state index is 12.3. The van der Waals surface area contributed by atoms with Gasteiger partial charge in [0, 0.05) is 24.8 Å². The second-order valence-electron chi connectivity index (χ2n) is 6.08. The van der Waals surface area contributed by atoms with Gasteiger partial charge in [-0.2, -0.15) is 0 Å². The normalized spacial score (nSPS) is 23.6. The summed E-state index contributed by atoms with van der Waals surface area (Å²) >= 11 is 0. The van der Waals surface area contributed by atoms with E-state index in [1.807, 2.05) is 30.3 Å². The third-order valence-corrected chi connectivity index (χ3v) is 4.28. The molecule has 0 bridgehead atoms. The van der Waals surface area contributed by atoms with Crippen molar-refractivity contribution in [3.63, 3.8) is 0 Å². The van der Waals surface area contributed by atoms with Crippen LogP contribution in [0.2, 0.25) is 0 Å². The molecule has 1 aromatic heterocycles. The number of benzene rings is 1. The van der Waals surface area contributed by atoms with Crippen molar-refractivity contribution < 1.29 is 14.1 Å². The van der Waals surface area contributed by atoms with Crippen LogP contribution in [0, 0.1) is 0 Å². The largest absolute Gasteiger partial charge is 0.490 e. The molecule has 0 radical (unpaired) electrons. The van der Waals surface area contributed by atoms with E-state index in [1.54, 1.807) is 0 Å². The Labute approximate surface area is 128 Å². The molecule has 1 aromatic carbocycles. The maximum Gasteiger partial charge on any atom is 0.256 e.